The van der Waals surface area contributed by atoms with E-state index in [1.54, 1.807) is 6.07 Å². The molecule has 0 spiro atoms. The van der Waals surface area contributed by atoms with Crippen LogP contribution in [0, 0.1) is 12.3 Å². The lowest BCUT2D eigenvalue weighted by Crippen LogP contribution is -2.20. The average molecular weight is 229 g/mol. The van der Waals surface area contributed by atoms with Crippen molar-refractivity contribution >= 4 is 0 Å². The molecule has 0 heterocycles. The first kappa shape index (κ1) is 12.0. The topological polar surface area (TPSA) is 32.3 Å². The van der Waals surface area contributed by atoms with E-state index >= 15 is 0 Å². The lowest BCUT2D eigenvalue weighted by Gasteiger charge is -2.13. The number of phenolic OH excluding ortho intramolecular Hbond substituents is 1. The molecule has 0 aliphatic heterocycles. The predicted molar refractivity (Wildman–Crippen MR) is 69.9 cm³/mol. The zero-order valence-corrected chi connectivity index (χ0v) is 10.1. The number of unbranched alkanes of at least 4 members (excludes halogenated alkanes) is 2. The molecule has 17 heavy (non-hydrogen) atoms. The third kappa shape index (κ3) is 3.01. The molecule has 0 amide bonds. The molecular formula is C15H19NO. The molecule has 1 aliphatic carbocycles. The molecule has 2 nitrogen and oxygen atoms in total. The number of benzene rings is 1. The number of hydrogen-bond donors (Lipinski definition) is 2. The van der Waals surface area contributed by atoms with Gasteiger partial charge in [-0.25, -0.2) is 0 Å². The molecule has 2 heteroatoms. The number of rotatable bonds is 5. The SMILES string of the molecule is C#CCCCCNC1CCc2cc(O)ccc21. The Morgan fingerprint density at radius 1 is 1.41 bits per heavy atom. The molecule has 0 radical (unpaired) electrons. The monoisotopic (exact) mass is 229 g/mol. The lowest BCUT2D eigenvalue weighted by atomic mass is 10.1. The third-order valence-corrected chi connectivity index (χ3v) is 3.34. The van der Waals surface area contributed by atoms with Crippen LogP contribution in [0.15, 0.2) is 18.2 Å². The summed E-state index contributed by atoms with van der Waals surface area (Å²) in [5, 5.41) is 13.0. The largest absolute Gasteiger partial charge is 0.508 e. The van der Waals surface area contributed by atoms with Crippen molar-refractivity contribution < 1.29 is 5.11 Å². The van der Waals surface area contributed by atoms with E-state index in [4.69, 9.17) is 6.42 Å². The molecular weight excluding hydrogens is 210 g/mol. The Labute approximate surface area is 103 Å². The highest BCUT2D eigenvalue weighted by Gasteiger charge is 2.21. The lowest BCUT2D eigenvalue weighted by molar-refractivity contribution is 0.474. The van der Waals surface area contributed by atoms with Crippen molar-refractivity contribution in [2.24, 2.45) is 0 Å². The van der Waals surface area contributed by atoms with Crippen molar-refractivity contribution in [2.45, 2.75) is 38.1 Å². The van der Waals surface area contributed by atoms with E-state index in [0.717, 1.165) is 38.6 Å². The second kappa shape index (κ2) is 5.75. The van der Waals surface area contributed by atoms with Gasteiger partial charge in [-0.2, -0.15) is 0 Å². The summed E-state index contributed by atoms with van der Waals surface area (Å²) >= 11 is 0. The predicted octanol–water partition coefficient (Wildman–Crippen LogP) is 2.77. The average Bonchev–Trinajstić information content (AvgIpc) is 2.71. The Balaban J connectivity index is 1.83. The molecule has 2 N–H and O–H groups in total. The minimum Gasteiger partial charge on any atom is -0.508 e. The Kier molecular flexibility index (Phi) is 4.06. The van der Waals surface area contributed by atoms with Gasteiger partial charge >= 0.3 is 0 Å². The minimum atomic E-state index is 0.374. The van der Waals surface area contributed by atoms with Gasteiger partial charge in [-0.3, -0.25) is 0 Å². The number of phenols is 1. The standard InChI is InChI=1S/C15H19NO/c1-2-3-4-5-10-16-15-9-6-12-11-13(17)7-8-14(12)15/h1,7-8,11,15-17H,3-6,9-10H2. The normalized spacial score (nSPS) is 17.7. The Hall–Kier alpha value is -1.46. The Morgan fingerprint density at radius 3 is 3.12 bits per heavy atom. The minimum absolute atomic E-state index is 0.374. The van der Waals surface area contributed by atoms with Crippen LogP contribution in [0.25, 0.3) is 0 Å². The second-order valence-electron chi connectivity index (χ2n) is 4.59. The zero-order valence-electron chi connectivity index (χ0n) is 10.1. The number of hydrogen-bond acceptors (Lipinski definition) is 2. The molecule has 0 aromatic heterocycles. The second-order valence-corrected chi connectivity index (χ2v) is 4.59. The van der Waals surface area contributed by atoms with Gasteiger partial charge in [-0.05, 0) is 55.5 Å². The fraction of sp³-hybridized carbons (Fsp3) is 0.467. The van der Waals surface area contributed by atoms with Crippen molar-refractivity contribution in [3.63, 3.8) is 0 Å². The van der Waals surface area contributed by atoms with E-state index in [1.165, 1.54) is 11.1 Å². The van der Waals surface area contributed by atoms with Gasteiger partial charge in [0.25, 0.3) is 0 Å². The Bertz CT molecular complexity index is 419. The van der Waals surface area contributed by atoms with Crippen molar-refractivity contribution in [2.75, 3.05) is 6.54 Å². The molecule has 1 aliphatic rings. The quantitative estimate of drug-likeness (QED) is 0.601. The number of terminal acetylenes is 1. The fourth-order valence-corrected chi connectivity index (χ4v) is 2.44. The maximum Gasteiger partial charge on any atom is 0.115 e. The van der Waals surface area contributed by atoms with Crippen LogP contribution >= 0.6 is 0 Å². The summed E-state index contributed by atoms with van der Waals surface area (Å²) in [5.41, 5.74) is 2.63. The van der Waals surface area contributed by atoms with E-state index in [2.05, 4.69) is 11.2 Å². The van der Waals surface area contributed by atoms with Crippen molar-refractivity contribution in [1.82, 2.24) is 5.32 Å². The first-order valence-electron chi connectivity index (χ1n) is 6.30. The zero-order chi connectivity index (χ0) is 12.1. The van der Waals surface area contributed by atoms with Crippen LogP contribution in [-0.2, 0) is 6.42 Å². The molecule has 90 valence electrons. The van der Waals surface area contributed by atoms with E-state index in [1.807, 2.05) is 12.1 Å². The van der Waals surface area contributed by atoms with Crippen LogP contribution in [0.5, 0.6) is 5.75 Å². The van der Waals surface area contributed by atoms with Gasteiger partial charge in [-0.1, -0.05) is 6.07 Å². The van der Waals surface area contributed by atoms with E-state index in [-0.39, 0.29) is 0 Å². The molecule has 0 bridgehead atoms. The highest BCUT2D eigenvalue weighted by atomic mass is 16.3. The smallest absolute Gasteiger partial charge is 0.115 e. The maximum atomic E-state index is 9.42. The van der Waals surface area contributed by atoms with Crippen LogP contribution in [-0.4, -0.2) is 11.7 Å². The van der Waals surface area contributed by atoms with Crippen LogP contribution in [0.3, 0.4) is 0 Å². The van der Waals surface area contributed by atoms with Gasteiger partial charge in [0.1, 0.15) is 5.75 Å². The number of fused-ring (bicyclic) bond motifs is 1. The van der Waals surface area contributed by atoms with Gasteiger partial charge < -0.3 is 10.4 Å². The maximum absolute atomic E-state index is 9.42. The van der Waals surface area contributed by atoms with Crippen molar-refractivity contribution in [1.29, 1.82) is 0 Å². The van der Waals surface area contributed by atoms with Crippen LogP contribution < -0.4 is 5.32 Å². The summed E-state index contributed by atoms with van der Waals surface area (Å²) in [5.74, 6) is 3.04. The van der Waals surface area contributed by atoms with Crippen LogP contribution in [0.1, 0.15) is 42.9 Å². The summed E-state index contributed by atoms with van der Waals surface area (Å²) in [4.78, 5) is 0. The van der Waals surface area contributed by atoms with Gasteiger partial charge in [-0.15, -0.1) is 12.3 Å². The van der Waals surface area contributed by atoms with Crippen molar-refractivity contribution in [3.8, 4) is 18.1 Å². The first-order valence-corrected chi connectivity index (χ1v) is 6.30. The third-order valence-electron chi connectivity index (χ3n) is 3.34. The van der Waals surface area contributed by atoms with E-state index in [0.29, 0.717) is 11.8 Å². The molecule has 1 aromatic carbocycles. The van der Waals surface area contributed by atoms with Gasteiger partial charge in [0.2, 0.25) is 0 Å². The van der Waals surface area contributed by atoms with Gasteiger partial charge in [0.15, 0.2) is 0 Å². The number of aromatic hydroxyl groups is 1. The molecule has 0 fully saturated rings. The van der Waals surface area contributed by atoms with E-state index < -0.39 is 0 Å². The molecule has 2 rings (SSSR count). The summed E-state index contributed by atoms with van der Waals surface area (Å²) in [6.45, 7) is 1.02. The molecule has 1 unspecified atom stereocenters. The van der Waals surface area contributed by atoms with Crippen LogP contribution in [0.4, 0.5) is 0 Å². The summed E-state index contributed by atoms with van der Waals surface area (Å²) < 4.78 is 0. The van der Waals surface area contributed by atoms with E-state index in [9.17, 15) is 5.11 Å². The van der Waals surface area contributed by atoms with Gasteiger partial charge in [0, 0.05) is 12.5 Å². The number of nitrogens with one attached hydrogen (secondary N) is 1. The van der Waals surface area contributed by atoms with Crippen LogP contribution in [0.2, 0.25) is 0 Å². The molecule has 1 atom stereocenters. The molecule has 1 aromatic rings. The molecule has 0 saturated carbocycles. The molecule has 0 saturated heterocycles. The fourth-order valence-electron chi connectivity index (χ4n) is 2.44. The first-order chi connectivity index (χ1) is 8.31. The summed E-state index contributed by atoms with van der Waals surface area (Å²) in [6.07, 6.45) is 10.5. The van der Waals surface area contributed by atoms with Gasteiger partial charge in [0.05, 0.1) is 0 Å². The van der Waals surface area contributed by atoms with Crippen molar-refractivity contribution in [3.05, 3.63) is 29.3 Å². The number of aryl methyl sites for hydroxylation is 1. The highest BCUT2D eigenvalue weighted by molar-refractivity contribution is 5.39. The highest BCUT2D eigenvalue weighted by Crippen LogP contribution is 2.33. The summed E-state index contributed by atoms with van der Waals surface area (Å²) in [7, 11) is 0. The summed E-state index contributed by atoms with van der Waals surface area (Å²) in [6, 6.07) is 6.15. The Morgan fingerprint density at radius 2 is 2.29 bits per heavy atom.